The number of carbonyl (C=O) groups is 2. The zero-order valence-corrected chi connectivity index (χ0v) is 10.3. The van der Waals surface area contributed by atoms with Crippen LogP contribution in [0.4, 0.5) is 0 Å². The Labute approximate surface area is 105 Å². The van der Waals surface area contributed by atoms with Gasteiger partial charge in [0, 0.05) is 25.8 Å². The topological polar surface area (TPSA) is 67.2 Å². The molecule has 1 aromatic rings. The summed E-state index contributed by atoms with van der Waals surface area (Å²) < 4.78 is 1.82. The van der Waals surface area contributed by atoms with Crippen molar-refractivity contribution in [2.24, 2.45) is 0 Å². The molecule has 1 aromatic heterocycles. The van der Waals surface area contributed by atoms with Crippen LogP contribution in [0.15, 0.2) is 12.5 Å². The zero-order valence-electron chi connectivity index (χ0n) is 10.3. The fourth-order valence-corrected chi connectivity index (χ4v) is 2.24. The van der Waals surface area contributed by atoms with Gasteiger partial charge in [-0.2, -0.15) is 0 Å². The molecule has 0 bridgehead atoms. The number of hydrogen-bond acceptors (Lipinski definition) is 4. The quantitative estimate of drug-likeness (QED) is 0.765. The van der Waals surface area contributed by atoms with Gasteiger partial charge in [-0.3, -0.25) is 14.5 Å². The number of amides is 2. The first kappa shape index (κ1) is 11.4. The number of likely N-dealkylation sites (N-methyl/N-ethyl adjacent to an activating group) is 1. The molecule has 0 aromatic carbocycles. The second kappa shape index (κ2) is 4.20. The van der Waals surface area contributed by atoms with Crippen LogP contribution < -0.4 is 5.32 Å². The Morgan fingerprint density at radius 3 is 2.83 bits per heavy atom. The van der Waals surface area contributed by atoms with E-state index in [9.17, 15) is 9.59 Å². The van der Waals surface area contributed by atoms with Crippen LogP contribution >= 0.6 is 0 Å². The SMILES string of the molecule is CN1C(=O)CC(n2cncc2CNC2CC2)C1=O. The maximum atomic E-state index is 12.0. The third-order valence-electron chi connectivity index (χ3n) is 3.59. The molecule has 1 saturated heterocycles. The summed E-state index contributed by atoms with van der Waals surface area (Å²) in [5, 5.41) is 3.39. The number of carbonyl (C=O) groups excluding carboxylic acids is 2. The monoisotopic (exact) mass is 248 g/mol. The van der Waals surface area contributed by atoms with E-state index in [-0.39, 0.29) is 18.2 Å². The minimum Gasteiger partial charge on any atom is -0.320 e. The lowest BCUT2D eigenvalue weighted by atomic mass is 10.2. The van der Waals surface area contributed by atoms with Crippen LogP contribution in [0.1, 0.15) is 31.0 Å². The Morgan fingerprint density at radius 2 is 2.22 bits per heavy atom. The van der Waals surface area contributed by atoms with Crippen LogP contribution in [-0.2, 0) is 16.1 Å². The second-order valence-electron chi connectivity index (χ2n) is 4.96. The Hall–Kier alpha value is -1.69. The molecule has 2 heterocycles. The number of hydrogen-bond donors (Lipinski definition) is 1. The average molecular weight is 248 g/mol. The summed E-state index contributed by atoms with van der Waals surface area (Å²) in [6, 6.07) is 0.193. The third-order valence-corrected chi connectivity index (χ3v) is 3.59. The lowest BCUT2D eigenvalue weighted by molar-refractivity contribution is -0.137. The molecule has 0 spiro atoms. The van der Waals surface area contributed by atoms with Gasteiger partial charge in [-0.15, -0.1) is 0 Å². The van der Waals surface area contributed by atoms with E-state index >= 15 is 0 Å². The van der Waals surface area contributed by atoms with E-state index in [1.807, 2.05) is 4.57 Å². The predicted octanol–water partition coefficient (Wildman–Crippen LogP) is 0.0649. The fourth-order valence-electron chi connectivity index (χ4n) is 2.24. The first-order chi connectivity index (χ1) is 8.66. The molecule has 18 heavy (non-hydrogen) atoms. The number of imidazole rings is 1. The van der Waals surface area contributed by atoms with Gasteiger partial charge in [-0.1, -0.05) is 0 Å². The Balaban J connectivity index is 1.77. The minimum atomic E-state index is -0.416. The highest BCUT2D eigenvalue weighted by atomic mass is 16.2. The van der Waals surface area contributed by atoms with Crippen LogP contribution in [-0.4, -0.2) is 39.4 Å². The largest absolute Gasteiger partial charge is 0.320 e. The van der Waals surface area contributed by atoms with Crippen molar-refractivity contribution in [2.75, 3.05) is 7.05 Å². The Morgan fingerprint density at radius 1 is 1.44 bits per heavy atom. The van der Waals surface area contributed by atoms with Crippen molar-refractivity contribution >= 4 is 11.8 Å². The maximum Gasteiger partial charge on any atom is 0.252 e. The molecular weight excluding hydrogens is 232 g/mol. The number of nitrogens with zero attached hydrogens (tertiary/aromatic N) is 3. The molecule has 2 amide bonds. The van der Waals surface area contributed by atoms with Crippen LogP contribution in [0.3, 0.4) is 0 Å². The Kier molecular flexibility index (Phi) is 2.66. The molecular formula is C12H16N4O2. The highest BCUT2D eigenvalue weighted by Gasteiger charge is 2.38. The summed E-state index contributed by atoms with van der Waals surface area (Å²) >= 11 is 0. The standard InChI is InChI=1S/C12H16N4O2/c1-15-11(17)4-10(12(15)18)16-7-13-5-9(16)6-14-8-2-3-8/h5,7-8,10,14H,2-4,6H2,1H3. The molecule has 3 rings (SSSR count). The van der Waals surface area contributed by atoms with Gasteiger partial charge in [-0.05, 0) is 12.8 Å². The van der Waals surface area contributed by atoms with Gasteiger partial charge in [0.05, 0.1) is 18.4 Å². The van der Waals surface area contributed by atoms with E-state index in [2.05, 4.69) is 10.3 Å². The van der Waals surface area contributed by atoms with E-state index in [1.54, 1.807) is 12.5 Å². The first-order valence-electron chi connectivity index (χ1n) is 6.21. The van der Waals surface area contributed by atoms with Gasteiger partial charge in [0.25, 0.3) is 5.91 Å². The van der Waals surface area contributed by atoms with E-state index in [4.69, 9.17) is 0 Å². The van der Waals surface area contributed by atoms with Gasteiger partial charge in [0.2, 0.25) is 5.91 Å². The lowest BCUT2D eigenvalue weighted by Gasteiger charge is -2.14. The second-order valence-corrected chi connectivity index (χ2v) is 4.96. The molecule has 1 aliphatic carbocycles. The van der Waals surface area contributed by atoms with Crippen molar-refractivity contribution in [2.45, 2.75) is 37.9 Å². The molecule has 6 heteroatoms. The minimum absolute atomic E-state index is 0.125. The van der Waals surface area contributed by atoms with Crippen LogP contribution in [0.2, 0.25) is 0 Å². The number of aromatic nitrogens is 2. The van der Waals surface area contributed by atoms with Gasteiger partial charge in [0.1, 0.15) is 6.04 Å². The summed E-state index contributed by atoms with van der Waals surface area (Å²) in [7, 11) is 1.53. The summed E-state index contributed by atoms with van der Waals surface area (Å²) in [5.41, 5.74) is 0.961. The molecule has 0 radical (unpaired) electrons. The number of imide groups is 1. The maximum absolute atomic E-state index is 12.0. The fraction of sp³-hybridized carbons (Fsp3) is 0.583. The van der Waals surface area contributed by atoms with Crippen molar-refractivity contribution in [3.8, 4) is 0 Å². The summed E-state index contributed by atoms with van der Waals surface area (Å²) in [5.74, 6) is -0.273. The lowest BCUT2D eigenvalue weighted by Crippen LogP contribution is -2.28. The van der Waals surface area contributed by atoms with Crippen LogP contribution in [0, 0.1) is 0 Å². The molecule has 1 aliphatic heterocycles. The number of rotatable bonds is 4. The average Bonchev–Trinajstić information content (AvgIpc) is 3.03. The van der Waals surface area contributed by atoms with Crippen molar-refractivity contribution in [3.63, 3.8) is 0 Å². The number of nitrogens with one attached hydrogen (secondary N) is 1. The molecule has 1 unspecified atom stereocenters. The molecule has 2 fully saturated rings. The van der Waals surface area contributed by atoms with E-state index in [0.717, 1.165) is 5.69 Å². The van der Waals surface area contributed by atoms with Crippen LogP contribution in [0.5, 0.6) is 0 Å². The van der Waals surface area contributed by atoms with Crippen LogP contribution in [0.25, 0.3) is 0 Å². The third kappa shape index (κ3) is 1.92. The molecule has 1 atom stereocenters. The van der Waals surface area contributed by atoms with Crippen molar-refractivity contribution in [3.05, 3.63) is 18.2 Å². The summed E-state index contributed by atoms with van der Waals surface area (Å²) in [6.45, 7) is 0.701. The Bertz CT molecular complexity index is 492. The molecule has 96 valence electrons. The van der Waals surface area contributed by atoms with E-state index in [1.165, 1.54) is 24.8 Å². The summed E-state index contributed by atoms with van der Waals surface area (Å²) in [6.07, 6.45) is 6.07. The van der Waals surface area contributed by atoms with Gasteiger partial charge < -0.3 is 9.88 Å². The first-order valence-corrected chi connectivity index (χ1v) is 6.21. The predicted molar refractivity (Wildman–Crippen MR) is 63.5 cm³/mol. The number of likely N-dealkylation sites (tertiary alicyclic amines) is 1. The van der Waals surface area contributed by atoms with Gasteiger partial charge in [-0.25, -0.2) is 4.98 Å². The van der Waals surface area contributed by atoms with Gasteiger partial charge in [0.15, 0.2) is 0 Å². The van der Waals surface area contributed by atoms with Gasteiger partial charge >= 0.3 is 0 Å². The molecule has 1 saturated carbocycles. The van der Waals surface area contributed by atoms with Crippen molar-refractivity contribution in [1.82, 2.24) is 19.8 Å². The normalized spacial score (nSPS) is 24.1. The molecule has 1 N–H and O–H groups in total. The molecule has 2 aliphatic rings. The zero-order chi connectivity index (χ0) is 12.7. The highest BCUT2D eigenvalue weighted by Crippen LogP contribution is 2.25. The van der Waals surface area contributed by atoms with Crippen molar-refractivity contribution in [1.29, 1.82) is 0 Å². The smallest absolute Gasteiger partial charge is 0.252 e. The van der Waals surface area contributed by atoms with E-state index in [0.29, 0.717) is 12.6 Å². The van der Waals surface area contributed by atoms with E-state index < -0.39 is 6.04 Å². The highest BCUT2D eigenvalue weighted by molar-refractivity contribution is 6.04. The molecule has 6 nitrogen and oxygen atoms in total. The summed E-state index contributed by atoms with van der Waals surface area (Å²) in [4.78, 5) is 28.8. The van der Waals surface area contributed by atoms with Crippen molar-refractivity contribution < 1.29 is 9.59 Å².